The molecule has 1 amide bonds. The largest absolute Gasteiger partial charge is 0.343 e. The molecule has 1 aliphatic rings. The summed E-state index contributed by atoms with van der Waals surface area (Å²) in [5.41, 5.74) is 6.20. The molecule has 156 valence electrons. The minimum absolute atomic E-state index is 0.151. The molecule has 4 aromatic rings. The minimum atomic E-state index is 0.151. The van der Waals surface area contributed by atoms with Crippen LogP contribution >= 0.6 is 11.6 Å². The first-order chi connectivity index (χ1) is 15.1. The normalized spacial score (nSPS) is 15.0. The summed E-state index contributed by atoms with van der Waals surface area (Å²) in [7, 11) is 1.86. The Morgan fingerprint density at radius 3 is 2.39 bits per heavy atom. The Kier molecular flexibility index (Phi) is 5.22. The van der Waals surface area contributed by atoms with E-state index >= 15 is 0 Å². The molecular formula is C25H23ClN4O. The van der Waals surface area contributed by atoms with Crippen LogP contribution in [0.5, 0.6) is 0 Å². The second-order valence-corrected chi connectivity index (χ2v) is 8.39. The van der Waals surface area contributed by atoms with Crippen LogP contribution in [0.25, 0.3) is 28.0 Å². The number of benzene rings is 2. The molecule has 0 bridgehead atoms. The number of rotatable bonds is 4. The van der Waals surface area contributed by atoms with Gasteiger partial charge in [0, 0.05) is 43.5 Å². The third kappa shape index (κ3) is 3.94. The van der Waals surface area contributed by atoms with E-state index in [1.54, 1.807) is 4.90 Å². The summed E-state index contributed by atoms with van der Waals surface area (Å²) >= 11 is 6.12. The number of carbonyl (C=O) groups is 1. The molecule has 1 aliphatic heterocycles. The van der Waals surface area contributed by atoms with Gasteiger partial charge in [0.15, 0.2) is 0 Å². The van der Waals surface area contributed by atoms with Gasteiger partial charge in [0.2, 0.25) is 5.91 Å². The molecule has 5 rings (SSSR count). The third-order valence-corrected chi connectivity index (χ3v) is 6.10. The van der Waals surface area contributed by atoms with Crippen LogP contribution in [-0.4, -0.2) is 51.8 Å². The predicted molar refractivity (Wildman–Crippen MR) is 124 cm³/mol. The van der Waals surface area contributed by atoms with Gasteiger partial charge < -0.3 is 9.30 Å². The Balaban J connectivity index is 1.62. The zero-order valence-corrected chi connectivity index (χ0v) is 18.1. The molecule has 0 unspecified atom stereocenters. The van der Waals surface area contributed by atoms with Gasteiger partial charge >= 0.3 is 0 Å². The molecule has 2 aromatic carbocycles. The van der Waals surface area contributed by atoms with Crippen molar-refractivity contribution in [2.75, 3.05) is 26.7 Å². The third-order valence-electron chi connectivity index (χ3n) is 5.85. The number of likely N-dealkylation sites (N-methyl/N-ethyl adjacent to an activating group) is 1. The van der Waals surface area contributed by atoms with E-state index in [4.69, 9.17) is 16.6 Å². The lowest BCUT2D eigenvalue weighted by atomic mass is 10.1. The number of aromatic nitrogens is 2. The highest BCUT2D eigenvalue weighted by atomic mass is 35.5. The second-order valence-electron chi connectivity index (χ2n) is 7.95. The molecule has 0 aliphatic carbocycles. The summed E-state index contributed by atoms with van der Waals surface area (Å²) in [6.07, 6.45) is 2.14. The van der Waals surface area contributed by atoms with Gasteiger partial charge in [0.25, 0.3) is 0 Å². The zero-order valence-electron chi connectivity index (χ0n) is 17.3. The first-order valence-electron chi connectivity index (χ1n) is 10.4. The van der Waals surface area contributed by atoms with E-state index < -0.39 is 0 Å². The van der Waals surface area contributed by atoms with Crippen LogP contribution in [0, 0.1) is 0 Å². The van der Waals surface area contributed by atoms with E-state index in [9.17, 15) is 4.79 Å². The SMILES string of the molecule is CN1CCN(Cc2c(-c3ccc(Cl)cc3)nc3ccc(-c4ccccc4)cn23)CC1=O. The maximum atomic E-state index is 12.3. The van der Waals surface area contributed by atoms with Crippen molar-refractivity contribution < 1.29 is 4.79 Å². The smallest absolute Gasteiger partial charge is 0.236 e. The number of piperazine rings is 1. The van der Waals surface area contributed by atoms with Gasteiger partial charge in [-0.25, -0.2) is 4.98 Å². The van der Waals surface area contributed by atoms with Gasteiger partial charge in [-0.3, -0.25) is 9.69 Å². The number of amides is 1. The average Bonchev–Trinajstić information content (AvgIpc) is 3.15. The highest BCUT2D eigenvalue weighted by Gasteiger charge is 2.24. The molecule has 0 spiro atoms. The van der Waals surface area contributed by atoms with Crippen molar-refractivity contribution in [2.45, 2.75) is 6.54 Å². The van der Waals surface area contributed by atoms with Crippen LogP contribution in [0.2, 0.25) is 5.02 Å². The van der Waals surface area contributed by atoms with E-state index in [2.05, 4.69) is 39.8 Å². The fraction of sp³-hybridized carbons (Fsp3) is 0.200. The van der Waals surface area contributed by atoms with Crippen LogP contribution < -0.4 is 0 Å². The topological polar surface area (TPSA) is 40.9 Å². The number of fused-ring (bicyclic) bond motifs is 1. The average molecular weight is 431 g/mol. The Morgan fingerprint density at radius 2 is 1.65 bits per heavy atom. The number of hydrogen-bond donors (Lipinski definition) is 0. The summed E-state index contributed by atoms with van der Waals surface area (Å²) in [4.78, 5) is 21.2. The Hall–Kier alpha value is -3.15. The van der Waals surface area contributed by atoms with Crippen molar-refractivity contribution in [3.63, 3.8) is 0 Å². The second kappa shape index (κ2) is 8.17. The number of imidazole rings is 1. The summed E-state index contributed by atoms with van der Waals surface area (Å²) in [6.45, 7) is 2.65. The van der Waals surface area contributed by atoms with E-state index in [-0.39, 0.29) is 5.91 Å². The molecule has 0 radical (unpaired) electrons. The highest BCUT2D eigenvalue weighted by molar-refractivity contribution is 6.30. The quantitative estimate of drug-likeness (QED) is 0.475. The van der Waals surface area contributed by atoms with Crippen molar-refractivity contribution in [1.82, 2.24) is 19.2 Å². The van der Waals surface area contributed by atoms with Crippen LogP contribution in [0.15, 0.2) is 72.9 Å². The van der Waals surface area contributed by atoms with Gasteiger partial charge in [-0.15, -0.1) is 0 Å². The summed E-state index contributed by atoms with van der Waals surface area (Å²) in [5.74, 6) is 0.151. The molecule has 1 fully saturated rings. The number of hydrogen-bond acceptors (Lipinski definition) is 3. The van der Waals surface area contributed by atoms with E-state index in [1.807, 2.05) is 49.5 Å². The Labute approximate surface area is 186 Å². The lowest BCUT2D eigenvalue weighted by Gasteiger charge is -2.31. The monoisotopic (exact) mass is 430 g/mol. The summed E-state index contributed by atoms with van der Waals surface area (Å²) in [5, 5.41) is 0.699. The fourth-order valence-electron chi connectivity index (χ4n) is 4.04. The van der Waals surface area contributed by atoms with Crippen LogP contribution in [0.4, 0.5) is 0 Å². The molecule has 5 nitrogen and oxygen atoms in total. The number of pyridine rings is 1. The Bertz CT molecular complexity index is 1230. The molecule has 6 heteroatoms. The van der Waals surface area contributed by atoms with Gasteiger partial charge in [0.1, 0.15) is 5.65 Å². The van der Waals surface area contributed by atoms with E-state index in [0.717, 1.165) is 46.8 Å². The fourth-order valence-corrected chi connectivity index (χ4v) is 4.16. The number of carbonyl (C=O) groups excluding carboxylic acids is 1. The van der Waals surface area contributed by atoms with Crippen molar-refractivity contribution in [3.8, 4) is 22.4 Å². The molecule has 0 saturated carbocycles. The van der Waals surface area contributed by atoms with Crippen LogP contribution in [0.1, 0.15) is 5.69 Å². The lowest BCUT2D eigenvalue weighted by Crippen LogP contribution is -2.48. The molecule has 3 heterocycles. The van der Waals surface area contributed by atoms with Crippen molar-refractivity contribution in [3.05, 3.63) is 83.6 Å². The number of halogens is 1. The van der Waals surface area contributed by atoms with E-state index in [1.165, 1.54) is 0 Å². The molecule has 31 heavy (non-hydrogen) atoms. The van der Waals surface area contributed by atoms with Gasteiger partial charge in [0.05, 0.1) is 17.9 Å². The highest BCUT2D eigenvalue weighted by Crippen LogP contribution is 2.29. The van der Waals surface area contributed by atoms with Crippen molar-refractivity contribution >= 4 is 23.2 Å². The van der Waals surface area contributed by atoms with Gasteiger partial charge in [-0.1, -0.05) is 54.1 Å². The molecule has 2 aromatic heterocycles. The van der Waals surface area contributed by atoms with Crippen LogP contribution in [-0.2, 0) is 11.3 Å². The van der Waals surface area contributed by atoms with Crippen molar-refractivity contribution in [2.24, 2.45) is 0 Å². The van der Waals surface area contributed by atoms with Crippen molar-refractivity contribution in [1.29, 1.82) is 0 Å². The Morgan fingerprint density at radius 1 is 0.903 bits per heavy atom. The first kappa shape index (κ1) is 19.8. The molecule has 1 saturated heterocycles. The van der Waals surface area contributed by atoms with E-state index in [0.29, 0.717) is 18.1 Å². The predicted octanol–water partition coefficient (Wildman–Crippen LogP) is 4.60. The summed E-state index contributed by atoms with van der Waals surface area (Å²) in [6, 6.07) is 22.3. The van der Waals surface area contributed by atoms with Crippen LogP contribution in [0.3, 0.4) is 0 Å². The zero-order chi connectivity index (χ0) is 21.4. The minimum Gasteiger partial charge on any atom is -0.343 e. The summed E-state index contributed by atoms with van der Waals surface area (Å²) < 4.78 is 2.16. The van der Waals surface area contributed by atoms with Gasteiger partial charge in [-0.05, 0) is 35.4 Å². The number of nitrogens with zero attached hydrogens (tertiary/aromatic N) is 4. The first-order valence-corrected chi connectivity index (χ1v) is 10.7. The molecular weight excluding hydrogens is 408 g/mol. The maximum Gasteiger partial charge on any atom is 0.236 e. The standard InChI is InChI=1S/C25H23ClN4O/c1-28-13-14-29(17-24(28)31)16-22-25(19-7-10-21(26)11-8-19)27-23-12-9-20(15-30(22)23)18-5-3-2-4-6-18/h2-12,15H,13-14,16-17H2,1H3. The lowest BCUT2D eigenvalue weighted by molar-refractivity contribution is -0.134. The van der Waals surface area contributed by atoms with Gasteiger partial charge in [-0.2, -0.15) is 0 Å². The molecule has 0 N–H and O–H groups in total. The maximum absolute atomic E-state index is 12.3. The molecule has 0 atom stereocenters.